The van der Waals surface area contributed by atoms with Crippen LogP contribution in [-0.2, 0) is 4.74 Å². The highest BCUT2D eigenvalue weighted by atomic mass is 16.5. The first-order valence-electron chi connectivity index (χ1n) is 3.11. The van der Waals surface area contributed by atoms with Gasteiger partial charge in [-0.2, -0.15) is 0 Å². The summed E-state index contributed by atoms with van der Waals surface area (Å²) in [4.78, 5) is 18.3. The second kappa shape index (κ2) is 3.14. The molecule has 1 heterocycles. The number of rotatable bonds is 1. The normalized spacial score (nSPS) is 9.18. The molecular formula is C6H7BN2O2. The molecule has 4 nitrogen and oxygen atoms in total. The molecule has 0 aliphatic heterocycles. The molecule has 56 valence electrons. The van der Waals surface area contributed by atoms with Gasteiger partial charge in [0.25, 0.3) is 0 Å². The average Bonchev–Trinajstić information content (AvgIpc) is 2.05. The lowest BCUT2D eigenvalue weighted by Crippen LogP contribution is -2.12. The Kier molecular flexibility index (Phi) is 2.20. The Morgan fingerprint density at radius 2 is 2.09 bits per heavy atom. The Morgan fingerprint density at radius 3 is 2.55 bits per heavy atom. The van der Waals surface area contributed by atoms with Gasteiger partial charge in [0, 0.05) is 12.4 Å². The Bertz CT molecular complexity index is 260. The fourth-order valence-electron chi connectivity index (χ4n) is 0.589. The molecule has 0 aliphatic carbocycles. The van der Waals surface area contributed by atoms with Gasteiger partial charge in [-0.25, -0.2) is 14.8 Å². The largest absolute Gasteiger partial charge is 0.463 e. The van der Waals surface area contributed by atoms with Crippen LogP contribution in [-0.4, -0.2) is 30.9 Å². The van der Waals surface area contributed by atoms with E-state index in [2.05, 4.69) is 14.7 Å². The van der Waals surface area contributed by atoms with Crippen molar-refractivity contribution in [3.05, 3.63) is 18.2 Å². The van der Waals surface area contributed by atoms with Crippen molar-refractivity contribution in [1.29, 1.82) is 0 Å². The zero-order valence-corrected chi connectivity index (χ0v) is 6.37. The van der Waals surface area contributed by atoms with Crippen LogP contribution in [0.5, 0.6) is 0 Å². The van der Waals surface area contributed by atoms with Crippen molar-refractivity contribution in [3.63, 3.8) is 0 Å². The molecule has 0 saturated heterocycles. The number of hydrogen-bond acceptors (Lipinski definition) is 4. The molecule has 0 radical (unpaired) electrons. The maximum atomic E-state index is 10.8. The number of ether oxygens (including phenoxy) is 1. The molecule has 0 atom stereocenters. The van der Waals surface area contributed by atoms with E-state index < -0.39 is 5.97 Å². The van der Waals surface area contributed by atoms with Crippen LogP contribution in [0.3, 0.4) is 0 Å². The Hall–Kier alpha value is -1.39. The van der Waals surface area contributed by atoms with Crippen molar-refractivity contribution in [2.45, 2.75) is 0 Å². The van der Waals surface area contributed by atoms with Crippen LogP contribution in [0.2, 0.25) is 0 Å². The highest BCUT2D eigenvalue weighted by Crippen LogP contribution is 1.87. The Balaban J connectivity index is 2.90. The van der Waals surface area contributed by atoms with Crippen LogP contribution in [0.4, 0.5) is 0 Å². The van der Waals surface area contributed by atoms with Crippen LogP contribution in [0.15, 0.2) is 12.4 Å². The molecule has 0 saturated carbocycles. The van der Waals surface area contributed by atoms with E-state index in [4.69, 9.17) is 0 Å². The highest BCUT2D eigenvalue weighted by Gasteiger charge is 2.06. The minimum absolute atomic E-state index is 0.0955. The van der Waals surface area contributed by atoms with Crippen LogP contribution >= 0.6 is 0 Å². The number of carbonyl (C=O) groups is 1. The van der Waals surface area contributed by atoms with Gasteiger partial charge < -0.3 is 4.74 Å². The van der Waals surface area contributed by atoms with Gasteiger partial charge in [0.2, 0.25) is 5.82 Å². The molecule has 0 spiro atoms. The number of methoxy groups -OCH3 is 1. The minimum atomic E-state index is -0.509. The molecule has 1 aromatic heterocycles. The topological polar surface area (TPSA) is 52.1 Å². The van der Waals surface area contributed by atoms with E-state index in [-0.39, 0.29) is 5.82 Å². The fourth-order valence-corrected chi connectivity index (χ4v) is 0.589. The Morgan fingerprint density at radius 1 is 1.55 bits per heavy atom. The lowest BCUT2D eigenvalue weighted by Gasteiger charge is -1.95. The van der Waals surface area contributed by atoms with E-state index in [1.54, 1.807) is 12.4 Å². The smallest absolute Gasteiger partial charge is 0.376 e. The van der Waals surface area contributed by atoms with Crippen molar-refractivity contribution in [2.24, 2.45) is 0 Å². The second-order valence-electron chi connectivity index (χ2n) is 2.08. The third-order valence-electron chi connectivity index (χ3n) is 1.15. The van der Waals surface area contributed by atoms with Crippen LogP contribution in [0, 0.1) is 0 Å². The molecule has 0 bridgehead atoms. The summed E-state index contributed by atoms with van der Waals surface area (Å²) in [6.07, 6.45) is 3.14. The predicted octanol–water partition coefficient (Wildman–Crippen LogP) is -1.48. The molecule has 5 heteroatoms. The molecule has 0 aliphatic rings. The molecule has 1 rings (SSSR count). The lowest BCUT2D eigenvalue weighted by molar-refractivity contribution is 0.0587. The molecule has 0 N–H and O–H groups in total. The SMILES string of the molecule is Bc1cnc(C(=O)OC)nc1. The first kappa shape index (κ1) is 7.72. The molecule has 0 fully saturated rings. The Labute approximate surface area is 65.0 Å². The van der Waals surface area contributed by atoms with Crippen LogP contribution < -0.4 is 5.46 Å². The summed E-state index contributed by atoms with van der Waals surface area (Å²) >= 11 is 0. The predicted molar refractivity (Wildman–Crippen MR) is 41.5 cm³/mol. The van der Waals surface area contributed by atoms with Gasteiger partial charge >= 0.3 is 5.97 Å². The third-order valence-corrected chi connectivity index (χ3v) is 1.15. The summed E-state index contributed by atoms with van der Waals surface area (Å²) in [6, 6.07) is 0. The van der Waals surface area contributed by atoms with E-state index in [0.29, 0.717) is 0 Å². The van der Waals surface area contributed by atoms with Crippen LogP contribution in [0.25, 0.3) is 0 Å². The van der Waals surface area contributed by atoms with Crippen molar-refractivity contribution >= 4 is 19.3 Å². The van der Waals surface area contributed by atoms with Gasteiger partial charge in [0.05, 0.1) is 7.11 Å². The molecule has 11 heavy (non-hydrogen) atoms. The minimum Gasteiger partial charge on any atom is -0.463 e. The number of nitrogens with zero attached hydrogens (tertiary/aromatic N) is 2. The van der Waals surface area contributed by atoms with Crippen LogP contribution in [0.1, 0.15) is 10.6 Å². The van der Waals surface area contributed by atoms with E-state index in [1.807, 2.05) is 7.85 Å². The lowest BCUT2D eigenvalue weighted by atomic mass is 10.0. The van der Waals surface area contributed by atoms with Crippen molar-refractivity contribution in [2.75, 3.05) is 7.11 Å². The monoisotopic (exact) mass is 150 g/mol. The average molecular weight is 150 g/mol. The van der Waals surface area contributed by atoms with Crippen molar-refractivity contribution in [3.8, 4) is 0 Å². The first-order chi connectivity index (χ1) is 5.24. The number of hydrogen-bond donors (Lipinski definition) is 0. The first-order valence-corrected chi connectivity index (χ1v) is 3.11. The standard InChI is InChI=1S/C6H7BN2O2/c1-11-6(10)5-8-2-4(7)3-9-5/h2-3H,7H2,1H3. The number of aromatic nitrogens is 2. The fraction of sp³-hybridized carbons (Fsp3) is 0.167. The molecule has 1 aromatic rings. The molecule has 0 unspecified atom stereocenters. The van der Waals surface area contributed by atoms with Gasteiger partial charge in [-0.1, -0.05) is 5.46 Å². The highest BCUT2D eigenvalue weighted by molar-refractivity contribution is 6.31. The molecule has 0 amide bonds. The summed E-state index contributed by atoms with van der Waals surface area (Å²) in [6.45, 7) is 0. The van der Waals surface area contributed by atoms with E-state index in [0.717, 1.165) is 5.46 Å². The number of esters is 1. The van der Waals surface area contributed by atoms with Gasteiger partial charge in [-0.15, -0.1) is 0 Å². The van der Waals surface area contributed by atoms with Gasteiger partial charge in [-0.3, -0.25) is 0 Å². The quantitative estimate of drug-likeness (QED) is 0.362. The zero-order valence-electron chi connectivity index (χ0n) is 6.37. The molecular weight excluding hydrogens is 143 g/mol. The van der Waals surface area contributed by atoms with Gasteiger partial charge in [0.1, 0.15) is 7.85 Å². The summed E-state index contributed by atoms with van der Waals surface area (Å²) < 4.78 is 4.41. The van der Waals surface area contributed by atoms with Crippen molar-refractivity contribution in [1.82, 2.24) is 9.97 Å². The maximum Gasteiger partial charge on any atom is 0.376 e. The second-order valence-corrected chi connectivity index (χ2v) is 2.08. The van der Waals surface area contributed by atoms with Gasteiger partial charge in [0.15, 0.2) is 0 Å². The van der Waals surface area contributed by atoms with E-state index in [9.17, 15) is 4.79 Å². The zero-order chi connectivity index (χ0) is 8.27. The van der Waals surface area contributed by atoms with E-state index >= 15 is 0 Å². The number of carbonyl (C=O) groups excluding carboxylic acids is 1. The van der Waals surface area contributed by atoms with Crippen molar-refractivity contribution < 1.29 is 9.53 Å². The summed E-state index contributed by atoms with van der Waals surface area (Å²) in [5.41, 5.74) is 0.914. The van der Waals surface area contributed by atoms with Gasteiger partial charge in [-0.05, 0) is 0 Å². The molecule has 0 aromatic carbocycles. The summed E-state index contributed by atoms with van der Waals surface area (Å²) in [5, 5.41) is 0. The summed E-state index contributed by atoms with van der Waals surface area (Å²) in [7, 11) is 3.15. The third kappa shape index (κ3) is 1.76. The van der Waals surface area contributed by atoms with E-state index in [1.165, 1.54) is 7.11 Å². The maximum absolute atomic E-state index is 10.8. The summed E-state index contributed by atoms with van der Waals surface area (Å²) in [5.74, 6) is -0.414.